The Balaban J connectivity index is 1.84. The largest absolute Gasteiger partial charge is 0.386 e. The fraction of sp³-hybridized carbons (Fsp3) is 0.278. The summed E-state index contributed by atoms with van der Waals surface area (Å²) in [6, 6.07) is 11.2. The molecule has 2 N–H and O–H groups in total. The molecule has 0 aromatic heterocycles. The lowest BCUT2D eigenvalue weighted by molar-refractivity contribution is -0.121. The van der Waals surface area contributed by atoms with Gasteiger partial charge in [-0.3, -0.25) is 4.79 Å². The molecule has 23 heavy (non-hydrogen) atoms. The lowest BCUT2D eigenvalue weighted by Gasteiger charge is -2.14. The Morgan fingerprint density at radius 2 is 1.83 bits per heavy atom. The number of halogens is 2. The smallest absolute Gasteiger partial charge is 0.220 e. The number of benzene rings is 2. The number of carbonyl (C=O) groups excluding carboxylic acids is 1. The molecular formula is C18H19F2NO2. The van der Waals surface area contributed by atoms with Crippen molar-refractivity contribution in [3.63, 3.8) is 0 Å². The molecule has 3 nitrogen and oxygen atoms in total. The van der Waals surface area contributed by atoms with Crippen LogP contribution in [0.3, 0.4) is 0 Å². The number of aryl methyl sites for hydroxylation is 2. The first-order valence-electron chi connectivity index (χ1n) is 7.41. The highest BCUT2D eigenvalue weighted by Crippen LogP contribution is 2.19. The van der Waals surface area contributed by atoms with Crippen LogP contribution in [0.25, 0.3) is 0 Å². The first-order chi connectivity index (χ1) is 11.0. The maximum absolute atomic E-state index is 13.5. The second-order valence-corrected chi connectivity index (χ2v) is 5.44. The summed E-state index contributed by atoms with van der Waals surface area (Å²) in [6.07, 6.45) is -0.604. The van der Waals surface area contributed by atoms with Crippen LogP contribution in [0.15, 0.2) is 42.5 Å². The van der Waals surface area contributed by atoms with Gasteiger partial charge in [0.05, 0.1) is 5.56 Å². The maximum atomic E-state index is 13.5. The van der Waals surface area contributed by atoms with Crippen LogP contribution in [-0.2, 0) is 11.2 Å². The summed E-state index contributed by atoms with van der Waals surface area (Å²) in [6.45, 7) is 1.74. The zero-order valence-electron chi connectivity index (χ0n) is 12.9. The van der Waals surface area contributed by atoms with Crippen molar-refractivity contribution >= 4 is 5.91 Å². The summed E-state index contributed by atoms with van der Waals surface area (Å²) >= 11 is 0. The number of aliphatic hydroxyl groups excluding tert-OH is 1. The molecule has 1 unspecified atom stereocenters. The zero-order valence-corrected chi connectivity index (χ0v) is 12.9. The summed E-state index contributed by atoms with van der Waals surface area (Å²) in [5.41, 5.74) is 1.74. The Hall–Kier alpha value is -2.27. The molecule has 0 saturated carbocycles. The quantitative estimate of drug-likeness (QED) is 0.860. The normalized spacial score (nSPS) is 12.0. The Labute approximate surface area is 134 Å². The molecule has 2 rings (SSSR count). The Kier molecular flexibility index (Phi) is 5.82. The predicted octanol–water partition coefficient (Wildman–Crippen LogP) is 3.06. The molecule has 0 aliphatic rings. The molecule has 0 radical (unpaired) electrons. The van der Waals surface area contributed by atoms with Gasteiger partial charge in [0.25, 0.3) is 0 Å². The fourth-order valence-electron chi connectivity index (χ4n) is 2.36. The van der Waals surface area contributed by atoms with E-state index < -0.39 is 23.3 Å². The van der Waals surface area contributed by atoms with Crippen molar-refractivity contribution in [1.29, 1.82) is 0 Å². The third-order valence-electron chi connectivity index (χ3n) is 3.55. The number of carbonyl (C=O) groups is 1. The summed E-state index contributed by atoms with van der Waals surface area (Å²) in [4.78, 5) is 11.8. The van der Waals surface area contributed by atoms with Gasteiger partial charge in [-0.05, 0) is 31.0 Å². The maximum Gasteiger partial charge on any atom is 0.220 e. The van der Waals surface area contributed by atoms with E-state index in [-0.39, 0.29) is 18.9 Å². The van der Waals surface area contributed by atoms with Crippen molar-refractivity contribution in [3.05, 3.63) is 70.8 Å². The number of hydrogen-bond acceptors (Lipinski definition) is 2. The molecule has 1 amide bonds. The highest BCUT2D eigenvalue weighted by Gasteiger charge is 2.18. The van der Waals surface area contributed by atoms with E-state index in [1.165, 1.54) is 6.07 Å². The van der Waals surface area contributed by atoms with Crippen LogP contribution in [0.1, 0.15) is 29.2 Å². The Bertz CT molecular complexity index is 668. The van der Waals surface area contributed by atoms with Crippen LogP contribution < -0.4 is 5.32 Å². The van der Waals surface area contributed by atoms with E-state index in [4.69, 9.17) is 0 Å². The van der Waals surface area contributed by atoms with E-state index in [1.54, 1.807) is 0 Å². The predicted molar refractivity (Wildman–Crippen MR) is 83.8 cm³/mol. The van der Waals surface area contributed by atoms with Crippen LogP contribution in [-0.4, -0.2) is 17.6 Å². The summed E-state index contributed by atoms with van der Waals surface area (Å²) in [5, 5.41) is 12.4. The molecule has 0 heterocycles. The molecule has 1 atom stereocenters. The fourth-order valence-corrected chi connectivity index (χ4v) is 2.36. The number of nitrogens with one attached hydrogen (secondary N) is 1. The van der Waals surface area contributed by atoms with E-state index >= 15 is 0 Å². The monoisotopic (exact) mass is 319 g/mol. The van der Waals surface area contributed by atoms with Crippen LogP contribution in [0.5, 0.6) is 0 Å². The van der Waals surface area contributed by atoms with Crippen molar-refractivity contribution in [2.75, 3.05) is 6.54 Å². The lowest BCUT2D eigenvalue weighted by Crippen LogP contribution is -2.29. The van der Waals surface area contributed by atoms with Gasteiger partial charge in [0.1, 0.15) is 17.7 Å². The molecule has 0 aliphatic heterocycles. The van der Waals surface area contributed by atoms with Gasteiger partial charge >= 0.3 is 0 Å². The molecule has 2 aromatic carbocycles. The molecule has 0 spiro atoms. The second-order valence-electron chi connectivity index (χ2n) is 5.44. The van der Waals surface area contributed by atoms with Gasteiger partial charge in [0.15, 0.2) is 0 Å². The number of aliphatic hydroxyl groups is 1. The van der Waals surface area contributed by atoms with E-state index in [9.17, 15) is 18.7 Å². The first kappa shape index (κ1) is 17.1. The highest BCUT2D eigenvalue weighted by molar-refractivity contribution is 5.76. The van der Waals surface area contributed by atoms with Crippen molar-refractivity contribution in [1.82, 2.24) is 5.32 Å². The number of rotatable bonds is 6. The first-order valence-corrected chi connectivity index (χ1v) is 7.41. The molecule has 122 valence electrons. The molecule has 5 heteroatoms. The second kappa shape index (κ2) is 7.83. The van der Waals surface area contributed by atoms with Gasteiger partial charge in [-0.15, -0.1) is 0 Å². The Morgan fingerprint density at radius 1 is 1.17 bits per heavy atom. The van der Waals surface area contributed by atoms with Gasteiger partial charge in [-0.25, -0.2) is 8.78 Å². The minimum atomic E-state index is -1.42. The van der Waals surface area contributed by atoms with Gasteiger partial charge in [-0.2, -0.15) is 0 Å². The van der Waals surface area contributed by atoms with Gasteiger partial charge < -0.3 is 10.4 Å². The van der Waals surface area contributed by atoms with Gasteiger partial charge in [0.2, 0.25) is 5.91 Å². The number of amides is 1. The number of hydrogen-bond donors (Lipinski definition) is 2. The Morgan fingerprint density at radius 3 is 2.48 bits per heavy atom. The van der Waals surface area contributed by atoms with Crippen molar-refractivity contribution in [3.8, 4) is 0 Å². The van der Waals surface area contributed by atoms with Crippen LogP contribution in [0.2, 0.25) is 0 Å². The van der Waals surface area contributed by atoms with Gasteiger partial charge in [-0.1, -0.05) is 35.9 Å². The van der Waals surface area contributed by atoms with Crippen LogP contribution >= 0.6 is 0 Å². The third-order valence-corrected chi connectivity index (χ3v) is 3.55. The lowest BCUT2D eigenvalue weighted by atomic mass is 10.1. The summed E-state index contributed by atoms with van der Waals surface area (Å²) in [5.74, 6) is -1.93. The SMILES string of the molecule is Cc1cccc(CCC(=O)NCC(O)c2c(F)cccc2F)c1. The standard InChI is InChI=1S/C18H19F2NO2/c1-12-4-2-5-13(10-12)8-9-17(23)21-11-16(22)18-14(19)6-3-7-15(18)20/h2-7,10,16,22H,8-9,11H2,1H3,(H,21,23). The average molecular weight is 319 g/mol. The summed E-state index contributed by atoms with van der Waals surface area (Å²) < 4.78 is 27.0. The molecular weight excluding hydrogens is 300 g/mol. The average Bonchev–Trinajstić information content (AvgIpc) is 2.51. The minimum Gasteiger partial charge on any atom is -0.386 e. The van der Waals surface area contributed by atoms with E-state index in [2.05, 4.69) is 5.32 Å². The van der Waals surface area contributed by atoms with E-state index in [0.717, 1.165) is 23.3 Å². The van der Waals surface area contributed by atoms with Gasteiger partial charge in [0, 0.05) is 13.0 Å². The molecule has 0 aliphatic carbocycles. The molecule has 0 fully saturated rings. The van der Waals surface area contributed by atoms with Crippen molar-refractivity contribution < 1.29 is 18.7 Å². The molecule has 0 bridgehead atoms. The van der Waals surface area contributed by atoms with Crippen LogP contribution in [0.4, 0.5) is 8.78 Å². The topological polar surface area (TPSA) is 49.3 Å². The molecule has 0 saturated heterocycles. The van der Waals surface area contributed by atoms with E-state index in [0.29, 0.717) is 6.42 Å². The van der Waals surface area contributed by atoms with Crippen LogP contribution in [0, 0.1) is 18.6 Å². The third kappa shape index (κ3) is 4.86. The molecule has 2 aromatic rings. The van der Waals surface area contributed by atoms with Crippen molar-refractivity contribution in [2.45, 2.75) is 25.9 Å². The van der Waals surface area contributed by atoms with E-state index in [1.807, 2.05) is 31.2 Å². The highest BCUT2D eigenvalue weighted by atomic mass is 19.1. The zero-order chi connectivity index (χ0) is 16.8. The minimum absolute atomic E-state index is 0.232. The van der Waals surface area contributed by atoms with Crippen molar-refractivity contribution in [2.24, 2.45) is 0 Å². The summed E-state index contributed by atoms with van der Waals surface area (Å²) in [7, 11) is 0.